The highest BCUT2D eigenvalue weighted by Gasteiger charge is 2.68. The van der Waals surface area contributed by atoms with Crippen LogP contribution in [0.1, 0.15) is 100 Å². The fraction of sp³-hybridized carbons (Fsp3) is 0.727. The lowest BCUT2D eigenvalue weighted by Crippen LogP contribution is -2.50. The molecule has 1 spiro atoms. The first-order valence-corrected chi connectivity index (χ1v) is 15.0. The highest BCUT2D eigenvalue weighted by molar-refractivity contribution is 5.94. The van der Waals surface area contributed by atoms with E-state index in [0.29, 0.717) is 29.6 Å². The zero-order valence-corrected chi connectivity index (χ0v) is 25.7. The third kappa shape index (κ3) is 5.48. The number of unbranched alkanes of at least 4 members (excludes halogenated alkanes) is 4. The van der Waals surface area contributed by atoms with Gasteiger partial charge in [-0.1, -0.05) is 71.6 Å². The molecule has 0 saturated heterocycles. The van der Waals surface area contributed by atoms with Crippen molar-refractivity contribution in [1.29, 1.82) is 0 Å². The molecule has 0 radical (unpaired) electrons. The fourth-order valence-corrected chi connectivity index (χ4v) is 7.22. The van der Waals surface area contributed by atoms with E-state index in [9.17, 15) is 24.6 Å². The molecule has 7 heteroatoms. The highest BCUT2D eigenvalue weighted by Crippen LogP contribution is 2.62. The molecule has 0 aromatic heterocycles. The topological polar surface area (TPSA) is 110 Å². The summed E-state index contributed by atoms with van der Waals surface area (Å²) in [6, 6.07) is 0. The molecule has 3 aliphatic rings. The molecule has 0 heterocycles. The summed E-state index contributed by atoms with van der Waals surface area (Å²) in [5.41, 5.74) is -1.54. The minimum Gasteiger partial charge on any atom is -0.459 e. The Morgan fingerprint density at radius 1 is 1.15 bits per heavy atom. The Hall–Kier alpha value is -2.25. The van der Waals surface area contributed by atoms with Crippen LogP contribution in [0.5, 0.6) is 0 Å². The average molecular weight is 559 g/mol. The fourth-order valence-electron chi connectivity index (χ4n) is 7.22. The molecule has 0 aromatic carbocycles. The SMILES string of the molecule is C/C=C(\C)C(=O)OC1C(C)=CC23C(=O)C(C=C(CO)C(O)C12)C(C)(C)[C@](C)(OC(=O)CCCCCCC)C[C@H]3C. The number of aliphatic hydroxyl groups is 2. The molecule has 0 aromatic rings. The van der Waals surface area contributed by atoms with Crippen LogP contribution in [0.2, 0.25) is 0 Å². The van der Waals surface area contributed by atoms with E-state index in [-0.39, 0.29) is 17.7 Å². The van der Waals surface area contributed by atoms with Crippen LogP contribution in [0, 0.1) is 28.6 Å². The number of esters is 2. The van der Waals surface area contributed by atoms with Gasteiger partial charge in [-0.05, 0) is 57.6 Å². The molecular formula is C33H50O7. The number of ketones is 1. The quantitative estimate of drug-likeness (QED) is 0.155. The van der Waals surface area contributed by atoms with Gasteiger partial charge in [0, 0.05) is 29.2 Å². The number of carbonyl (C=O) groups excluding carboxylic acids is 3. The lowest BCUT2D eigenvalue weighted by atomic mass is 9.62. The van der Waals surface area contributed by atoms with Crippen LogP contribution in [0.4, 0.5) is 0 Å². The Bertz CT molecular complexity index is 1080. The van der Waals surface area contributed by atoms with Gasteiger partial charge in [0.25, 0.3) is 0 Å². The van der Waals surface area contributed by atoms with Gasteiger partial charge in [0.1, 0.15) is 11.7 Å². The number of aliphatic hydroxyl groups excluding tert-OH is 2. The molecule has 1 fully saturated rings. The minimum absolute atomic E-state index is 0.0995. The summed E-state index contributed by atoms with van der Waals surface area (Å²) in [7, 11) is 0. The average Bonchev–Trinajstić information content (AvgIpc) is 3.13. The van der Waals surface area contributed by atoms with Gasteiger partial charge in [-0.15, -0.1) is 0 Å². The van der Waals surface area contributed by atoms with Gasteiger partial charge in [0.2, 0.25) is 0 Å². The highest BCUT2D eigenvalue weighted by atomic mass is 16.6. The largest absolute Gasteiger partial charge is 0.459 e. The Kier molecular flexibility index (Phi) is 9.94. The molecule has 5 unspecified atom stereocenters. The number of allylic oxidation sites excluding steroid dienone is 3. The van der Waals surface area contributed by atoms with Crippen molar-refractivity contribution in [2.75, 3.05) is 6.61 Å². The summed E-state index contributed by atoms with van der Waals surface area (Å²) in [5.74, 6) is -2.77. The number of fused-ring (bicyclic) bond motifs is 1. The van der Waals surface area contributed by atoms with E-state index in [1.165, 1.54) is 0 Å². The van der Waals surface area contributed by atoms with E-state index in [4.69, 9.17) is 9.47 Å². The Labute approximate surface area is 240 Å². The second-order valence-corrected chi connectivity index (χ2v) is 13.0. The van der Waals surface area contributed by atoms with E-state index in [2.05, 4.69) is 6.92 Å². The maximum Gasteiger partial charge on any atom is 0.333 e. The molecule has 3 aliphatic carbocycles. The maximum atomic E-state index is 14.7. The molecule has 2 N–H and O–H groups in total. The van der Waals surface area contributed by atoms with Crippen LogP contribution >= 0.6 is 0 Å². The van der Waals surface area contributed by atoms with Crippen molar-refractivity contribution < 1.29 is 34.1 Å². The summed E-state index contributed by atoms with van der Waals surface area (Å²) in [5, 5.41) is 22.0. The molecule has 0 aliphatic heterocycles. The van der Waals surface area contributed by atoms with Crippen molar-refractivity contribution in [1.82, 2.24) is 0 Å². The number of ether oxygens (including phenoxy) is 2. The number of Topliss-reactive ketones (excluding diaryl/α,β-unsaturated/α-hetero) is 1. The minimum atomic E-state index is -1.19. The third-order valence-corrected chi connectivity index (χ3v) is 10.2. The first kappa shape index (κ1) is 32.3. The van der Waals surface area contributed by atoms with Gasteiger partial charge in [0.05, 0.1) is 18.1 Å². The number of hydrogen-bond donors (Lipinski definition) is 2. The van der Waals surface area contributed by atoms with Crippen molar-refractivity contribution in [2.24, 2.45) is 28.6 Å². The molecule has 1 saturated carbocycles. The summed E-state index contributed by atoms with van der Waals surface area (Å²) in [4.78, 5) is 40.7. The first-order valence-electron chi connectivity index (χ1n) is 15.0. The summed E-state index contributed by atoms with van der Waals surface area (Å²) in [6.07, 6.45) is 9.03. The first-order chi connectivity index (χ1) is 18.7. The maximum absolute atomic E-state index is 14.7. The Morgan fingerprint density at radius 3 is 2.40 bits per heavy atom. The van der Waals surface area contributed by atoms with E-state index < -0.39 is 53.1 Å². The van der Waals surface area contributed by atoms with Crippen LogP contribution in [-0.2, 0) is 23.9 Å². The zero-order chi connectivity index (χ0) is 30.0. The number of rotatable bonds is 10. The zero-order valence-electron chi connectivity index (χ0n) is 25.7. The van der Waals surface area contributed by atoms with E-state index >= 15 is 0 Å². The molecule has 40 heavy (non-hydrogen) atoms. The van der Waals surface area contributed by atoms with Crippen molar-refractivity contribution in [2.45, 2.75) is 118 Å². The van der Waals surface area contributed by atoms with Crippen LogP contribution in [-0.4, -0.2) is 52.4 Å². The molecule has 2 bridgehead atoms. The monoisotopic (exact) mass is 558 g/mol. The molecule has 7 atom stereocenters. The van der Waals surface area contributed by atoms with Gasteiger partial charge in [-0.25, -0.2) is 4.79 Å². The van der Waals surface area contributed by atoms with Gasteiger partial charge in [-0.3, -0.25) is 9.59 Å². The second-order valence-electron chi connectivity index (χ2n) is 13.0. The van der Waals surface area contributed by atoms with Crippen LogP contribution in [0.15, 0.2) is 34.9 Å². The van der Waals surface area contributed by atoms with Gasteiger partial charge in [-0.2, -0.15) is 0 Å². The lowest BCUT2D eigenvalue weighted by Gasteiger charge is -2.46. The smallest absolute Gasteiger partial charge is 0.333 e. The molecule has 7 nitrogen and oxygen atoms in total. The second kappa shape index (κ2) is 12.3. The third-order valence-electron chi connectivity index (χ3n) is 10.2. The number of hydrogen-bond acceptors (Lipinski definition) is 7. The molecule has 3 rings (SSSR count). The standard InChI is InChI=1S/C33H50O7/c1-9-11-12-13-14-15-25(35)40-32(8)18-22(5)33-17-21(4)28(39-30(38)20(3)10-2)26(33)27(36)23(19-34)16-24(29(33)37)31(32,6)7/h10,16-17,22,24,26-28,34,36H,9,11-15,18-19H2,1-8H3/b20-10+/t22-,24?,26?,27?,28?,32-,33?/m1/s1. The van der Waals surface area contributed by atoms with Crippen LogP contribution < -0.4 is 0 Å². The van der Waals surface area contributed by atoms with E-state index in [0.717, 1.165) is 32.1 Å². The predicted molar refractivity (Wildman–Crippen MR) is 154 cm³/mol. The van der Waals surface area contributed by atoms with Gasteiger partial charge >= 0.3 is 11.9 Å². The van der Waals surface area contributed by atoms with E-state index in [1.54, 1.807) is 26.0 Å². The summed E-state index contributed by atoms with van der Waals surface area (Å²) < 4.78 is 12.2. The van der Waals surface area contributed by atoms with E-state index in [1.807, 2.05) is 40.7 Å². The normalized spacial score (nSPS) is 35.2. The van der Waals surface area contributed by atoms with Crippen LogP contribution in [0.3, 0.4) is 0 Å². The van der Waals surface area contributed by atoms with Crippen molar-refractivity contribution >= 4 is 17.7 Å². The Morgan fingerprint density at radius 2 is 1.80 bits per heavy atom. The van der Waals surface area contributed by atoms with Crippen molar-refractivity contribution in [3.05, 3.63) is 34.9 Å². The molecule has 0 amide bonds. The van der Waals surface area contributed by atoms with Gasteiger partial charge in [0.15, 0.2) is 5.78 Å². The predicted octanol–water partition coefficient (Wildman–Crippen LogP) is 5.63. The van der Waals surface area contributed by atoms with Crippen molar-refractivity contribution in [3.8, 4) is 0 Å². The Balaban J connectivity index is 2.06. The van der Waals surface area contributed by atoms with Crippen LogP contribution in [0.25, 0.3) is 0 Å². The lowest BCUT2D eigenvalue weighted by molar-refractivity contribution is -0.178. The summed E-state index contributed by atoms with van der Waals surface area (Å²) >= 11 is 0. The van der Waals surface area contributed by atoms with Crippen molar-refractivity contribution in [3.63, 3.8) is 0 Å². The number of carbonyl (C=O) groups is 3. The molecular weight excluding hydrogens is 508 g/mol. The summed E-state index contributed by atoms with van der Waals surface area (Å²) in [6.45, 7) is 14.7. The van der Waals surface area contributed by atoms with Gasteiger partial charge < -0.3 is 19.7 Å². The molecule has 224 valence electrons.